The van der Waals surface area contributed by atoms with Crippen LogP contribution in [0.15, 0.2) is 42.5 Å². The Morgan fingerprint density at radius 2 is 1.89 bits per heavy atom. The zero-order chi connectivity index (χ0) is 19.9. The van der Waals surface area contributed by atoms with Gasteiger partial charge in [-0.05, 0) is 42.5 Å². The van der Waals surface area contributed by atoms with Crippen LogP contribution >= 0.6 is 12.2 Å². The quantitative estimate of drug-likeness (QED) is 0.748. The van der Waals surface area contributed by atoms with Crippen molar-refractivity contribution in [1.82, 2.24) is 4.90 Å². The van der Waals surface area contributed by atoms with Crippen molar-refractivity contribution in [3.8, 4) is 11.5 Å². The molecule has 0 radical (unpaired) electrons. The Morgan fingerprint density at radius 1 is 1.18 bits per heavy atom. The first kappa shape index (κ1) is 20.0. The number of hydrogen-bond donors (Lipinski definition) is 1. The lowest BCUT2D eigenvalue weighted by Gasteiger charge is -2.29. The molecular formula is C20H21FN2O4S. The van der Waals surface area contributed by atoms with Gasteiger partial charge in [0.1, 0.15) is 10.8 Å². The second-order valence-electron chi connectivity index (χ2n) is 6.11. The number of nitrogens with one attached hydrogen (secondary N) is 1. The number of methoxy groups -OCH3 is 1. The number of benzene rings is 2. The molecule has 2 aromatic carbocycles. The number of hydrogen-bond acceptors (Lipinski definition) is 5. The van der Waals surface area contributed by atoms with E-state index < -0.39 is 0 Å². The highest BCUT2D eigenvalue weighted by Gasteiger charge is 2.17. The van der Waals surface area contributed by atoms with E-state index >= 15 is 0 Å². The van der Waals surface area contributed by atoms with Crippen molar-refractivity contribution in [3.63, 3.8) is 0 Å². The molecule has 1 aliphatic rings. The first-order valence-electron chi connectivity index (χ1n) is 8.80. The maximum atomic E-state index is 12.9. The first-order valence-corrected chi connectivity index (χ1v) is 9.21. The summed E-state index contributed by atoms with van der Waals surface area (Å²) in [6.45, 7) is 2.61. The molecule has 1 heterocycles. The van der Waals surface area contributed by atoms with Crippen LogP contribution in [0.2, 0.25) is 0 Å². The van der Waals surface area contributed by atoms with E-state index in [1.165, 1.54) is 31.4 Å². The van der Waals surface area contributed by atoms with Gasteiger partial charge in [-0.3, -0.25) is 4.79 Å². The summed E-state index contributed by atoms with van der Waals surface area (Å²) in [4.78, 5) is 14.9. The third kappa shape index (κ3) is 5.17. The summed E-state index contributed by atoms with van der Waals surface area (Å²) in [6.07, 6.45) is 0. The molecule has 1 amide bonds. The largest absolute Gasteiger partial charge is 0.493 e. The standard InChI is InChI=1S/C20H21FN2O4S/c1-25-18-12-14(20(28)23-8-10-26-11-9-23)2-7-17(18)27-13-19(24)22-16-5-3-15(21)4-6-16/h2-7,12H,8-11,13H2,1H3,(H,22,24). The Morgan fingerprint density at radius 3 is 2.57 bits per heavy atom. The van der Waals surface area contributed by atoms with Gasteiger partial charge in [0.05, 0.1) is 20.3 Å². The second-order valence-corrected chi connectivity index (χ2v) is 6.50. The number of carbonyl (C=O) groups excluding carboxylic acids is 1. The molecule has 0 spiro atoms. The van der Waals surface area contributed by atoms with Crippen LogP contribution in [0.3, 0.4) is 0 Å². The lowest BCUT2D eigenvalue weighted by molar-refractivity contribution is -0.118. The maximum absolute atomic E-state index is 12.9. The Labute approximate surface area is 168 Å². The fourth-order valence-corrected chi connectivity index (χ4v) is 3.05. The molecule has 1 saturated heterocycles. The van der Waals surface area contributed by atoms with Gasteiger partial charge >= 0.3 is 0 Å². The summed E-state index contributed by atoms with van der Waals surface area (Å²) in [5.74, 6) is 0.198. The minimum atomic E-state index is -0.367. The molecule has 1 N–H and O–H groups in total. The smallest absolute Gasteiger partial charge is 0.262 e. The molecule has 0 aliphatic carbocycles. The molecule has 6 nitrogen and oxygen atoms in total. The van der Waals surface area contributed by atoms with Crippen LogP contribution in [0.1, 0.15) is 5.56 Å². The topological polar surface area (TPSA) is 60.0 Å². The molecular weight excluding hydrogens is 383 g/mol. The van der Waals surface area contributed by atoms with Crippen molar-refractivity contribution < 1.29 is 23.4 Å². The molecule has 0 aromatic heterocycles. The number of nitrogens with zero attached hydrogens (tertiary/aromatic N) is 1. The SMILES string of the molecule is COc1cc(C(=S)N2CCOCC2)ccc1OCC(=O)Nc1ccc(F)cc1. The number of ether oxygens (including phenoxy) is 3. The van der Waals surface area contributed by atoms with Gasteiger partial charge < -0.3 is 24.4 Å². The summed E-state index contributed by atoms with van der Waals surface area (Å²) < 4.78 is 29.2. The fourth-order valence-electron chi connectivity index (χ4n) is 2.74. The molecule has 148 valence electrons. The van der Waals surface area contributed by atoms with Gasteiger partial charge in [0.2, 0.25) is 0 Å². The predicted octanol–water partition coefficient (Wildman–Crippen LogP) is 2.86. The molecule has 2 aromatic rings. The van der Waals surface area contributed by atoms with E-state index in [4.69, 9.17) is 26.4 Å². The Kier molecular flexibility index (Phi) is 6.78. The molecule has 1 fully saturated rings. The van der Waals surface area contributed by atoms with E-state index in [0.29, 0.717) is 30.4 Å². The maximum Gasteiger partial charge on any atom is 0.262 e. The van der Waals surface area contributed by atoms with Crippen molar-refractivity contribution in [2.45, 2.75) is 0 Å². The highest BCUT2D eigenvalue weighted by Crippen LogP contribution is 2.29. The van der Waals surface area contributed by atoms with Gasteiger partial charge in [-0.25, -0.2) is 4.39 Å². The van der Waals surface area contributed by atoms with E-state index in [-0.39, 0.29) is 18.3 Å². The van der Waals surface area contributed by atoms with Crippen molar-refractivity contribution in [1.29, 1.82) is 0 Å². The van der Waals surface area contributed by atoms with Gasteiger partial charge in [0.25, 0.3) is 5.91 Å². The van der Waals surface area contributed by atoms with E-state index in [1.54, 1.807) is 12.1 Å². The van der Waals surface area contributed by atoms with Gasteiger partial charge in [-0.2, -0.15) is 0 Å². The number of anilines is 1. The lowest BCUT2D eigenvalue weighted by atomic mass is 10.1. The highest BCUT2D eigenvalue weighted by atomic mass is 32.1. The molecule has 8 heteroatoms. The van der Waals surface area contributed by atoms with Gasteiger partial charge in [0.15, 0.2) is 18.1 Å². The zero-order valence-electron chi connectivity index (χ0n) is 15.4. The minimum absolute atomic E-state index is 0.207. The van der Waals surface area contributed by atoms with Crippen molar-refractivity contribution in [3.05, 3.63) is 53.8 Å². The van der Waals surface area contributed by atoms with Crippen molar-refractivity contribution >= 4 is 28.8 Å². The normalized spacial score (nSPS) is 13.7. The summed E-state index contributed by atoms with van der Waals surface area (Å²) >= 11 is 5.56. The Hall–Kier alpha value is -2.71. The van der Waals surface area contributed by atoms with E-state index in [9.17, 15) is 9.18 Å². The molecule has 28 heavy (non-hydrogen) atoms. The second kappa shape index (κ2) is 9.48. The molecule has 1 aliphatic heterocycles. The van der Waals surface area contributed by atoms with Gasteiger partial charge in [-0.15, -0.1) is 0 Å². The van der Waals surface area contributed by atoms with Crippen LogP contribution in [0.25, 0.3) is 0 Å². The zero-order valence-corrected chi connectivity index (χ0v) is 16.3. The van der Waals surface area contributed by atoms with Crippen molar-refractivity contribution in [2.75, 3.05) is 45.3 Å². The van der Waals surface area contributed by atoms with E-state index in [1.807, 2.05) is 6.07 Å². The Bertz CT molecular complexity index is 839. The average Bonchev–Trinajstić information content (AvgIpc) is 2.74. The summed E-state index contributed by atoms with van der Waals surface area (Å²) in [5.41, 5.74) is 1.34. The third-order valence-corrected chi connectivity index (χ3v) is 4.69. The Balaban J connectivity index is 1.61. The minimum Gasteiger partial charge on any atom is -0.493 e. The number of thiocarbonyl (C=S) groups is 1. The fraction of sp³-hybridized carbons (Fsp3) is 0.300. The summed E-state index contributed by atoms with van der Waals surface area (Å²) in [7, 11) is 1.53. The van der Waals surface area contributed by atoms with Crippen molar-refractivity contribution in [2.24, 2.45) is 0 Å². The summed E-state index contributed by atoms with van der Waals surface area (Å²) in [5, 5.41) is 2.64. The van der Waals surface area contributed by atoms with E-state index in [0.717, 1.165) is 23.6 Å². The first-order chi connectivity index (χ1) is 13.6. The average molecular weight is 404 g/mol. The predicted molar refractivity (Wildman–Crippen MR) is 108 cm³/mol. The molecule has 0 saturated carbocycles. The molecule has 0 bridgehead atoms. The molecule has 3 rings (SSSR count). The number of amides is 1. The number of morpholine rings is 1. The molecule has 0 atom stereocenters. The van der Waals surface area contributed by atoms with Crippen LogP contribution in [0.5, 0.6) is 11.5 Å². The third-order valence-electron chi connectivity index (χ3n) is 4.20. The monoisotopic (exact) mass is 404 g/mol. The lowest BCUT2D eigenvalue weighted by Crippen LogP contribution is -2.40. The number of halogens is 1. The number of rotatable bonds is 6. The highest BCUT2D eigenvalue weighted by molar-refractivity contribution is 7.80. The van der Waals surface area contributed by atoms with Crippen LogP contribution in [-0.2, 0) is 9.53 Å². The van der Waals surface area contributed by atoms with Crippen LogP contribution in [0.4, 0.5) is 10.1 Å². The van der Waals surface area contributed by atoms with Crippen LogP contribution in [-0.4, -0.2) is 55.8 Å². The van der Waals surface area contributed by atoms with E-state index in [2.05, 4.69) is 10.2 Å². The van der Waals surface area contributed by atoms with Crippen LogP contribution < -0.4 is 14.8 Å². The van der Waals surface area contributed by atoms with Crippen LogP contribution in [0, 0.1) is 5.82 Å². The number of carbonyl (C=O) groups is 1. The molecule has 0 unspecified atom stereocenters. The summed E-state index contributed by atoms with van der Waals surface area (Å²) in [6, 6.07) is 10.9. The van der Waals surface area contributed by atoms with Gasteiger partial charge in [-0.1, -0.05) is 12.2 Å². The van der Waals surface area contributed by atoms with Gasteiger partial charge in [0, 0.05) is 24.3 Å².